The number of alkyl halides is 4. The third kappa shape index (κ3) is 4.27. The van der Waals surface area contributed by atoms with E-state index in [1.165, 1.54) is 6.07 Å². The van der Waals surface area contributed by atoms with E-state index in [1.807, 2.05) is 10.9 Å². The van der Waals surface area contributed by atoms with E-state index in [1.54, 1.807) is 12.1 Å². The predicted octanol–water partition coefficient (Wildman–Crippen LogP) is 6.13. The van der Waals surface area contributed by atoms with E-state index in [-0.39, 0.29) is 10.7 Å². The van der Waals surface area contributed by atoms with Crippen LogP contribution < -0.4 is 5.32 Å². The van der Waals surface area contributed by atoms with E-state index in [4.69, 9.17) is 11.6 Å². The van der Waals surface area contributed by atoms with Crippen LogP contribution in [-0.2, 0) is 6.18 Å². The number of carbonyl (C=O) groups is 1. The summed E-state index contributed by atoms with van der Waals surface area (Å²) in [6.07, 6.45) is -0.590. The second kappa shape index (κ2) is 7.99. The zero-order chi connectivity index (χ0) is 21.6. The molecule has 1 aromatic carbocycles. The summed E-state index contributed by atoms with van der Waals surface area (Å²) in [7, 11) is 0. The number of halogens is 5. The highest BCUT2D eigenvalue weighted by Gasteiger charge is 2.34. The molecule has 0 aliphatic heterocycles. The summed E-state index contributed by atoms with van der Waals surface area (Å²) in [6, 6.07) is 6.82. The molecule has 158 valence electrons. The normalized spacial score (nSPS) is 20.1. The van der Waals surface area contributed by atoms with Crippen LogP contribution in [0, 0.1) is 5.92 Å². The Labute approximate surface area is 189 Å². The Kier molecular flexibility index (Phi) is 5.69. The van der Waals surface area contributed by atoms with Crippen LogP contribution in [0.25, 0.3) is 10.9 Å². The minimum Gasteiger partial charge on any atom is -0.319 e. The summed E-state index contributed by atoms with van der Waals surface area (Å²) < 4.78 is 41.1. The Morgan fingerprint density at radius 1 is 1.33 bits per heavy atom. The van der Waals surface area contributed by atoms with E-state index >= 15 is 0 Å². The van der Waals surface area contributed by atoms with Crippen molar-refractivity contribution < 1.29 is 18.0 Å². The Bertz CT molecular complexity index is 1110. The molecule has 1 fully saturated rings. The Morgan fingerprint density at radius 2 is 2.07 bits per heavy atom. The van der Waals surface area contributed by atoms with Crippen molar-refractivity contribution in [3.05, 3.63) is 52.9 Å². The van der Waals surface area contributed by atoms with Crippen molar-refractivity contribution in [1.82, 2.24) is 14.8 Å². The Balaban J connectivity index is 1.55. The number of fused-ring (bicyclic) bond motifs is 1. The van der Waals surface area contributed by atoms with Gasteiger partial charge in [0.25, 0.3) is 5.91 Å². The monoisotopic (exact) mass is 548 g/mol. The summed E-state index contributed by atoms with van der Waals surface area (Å²) in [5.74, 6) is -0.0890. The first-order valence-corrected chi connectivity index (χ1v) is 10.9. The van der Waals surface area contributed by atoms with Gasteiger partial charge in [0.15, 0.2) is 0 Å². The van der Waals surface area contributed by atoms with Gasteiger partial charge in [0.2, 0.25) is 0 Å². The van der Waals surface area contributed by atoms with E-state index in [0.29, 0.717) is 27.1 Å². The lowest BCUT2D eigenvalue weighted by Gasteiger charge is -2.37. The topological polar surface area (TPSA) is 59.8 Å². The molecule has 1 aliphatic carbocycles. The SMILES string of the molecule is CC(I)C1CC(n2cc3cc(NC(=O)c4cccc(C(F)(F)F)n4)c(Cl)cc3n2)C1. The number of carbonyl (C=O) groups excluding carboxylic acids is 1. The van der Waals surface area contributed by atoms with Crippen molar-refractivity contribution in [2.45, 2.75) is 35.9 Å². The summed E-state index contributed by atoms with van der Waals surface area (Å²) in [5.41, 5.74) is -0.482. The van der Waals surface area contributed by atoms with Gasteiger partial charge in [0.05, 0.1) is 22.3 Å². The molecule has 0 bridgehead atoms. The fraction of sp³-hybridized carbons (Fsp3) is 0.350. The van der Waals surface area contributed by atoms with Crippen LogP contribution in [0.5, 0.6) is 0 Å². The minimum atomic E-state index is -4.63. The summed E-state index contributed by atoms with van der Waals surface area (Å²) in [6.45, 7) is 2.20. The highest BCUT2D eigenvalue weighted by molar-refractivity contribution is 14.1. The number of nitrogens with zero attached hydrogens (tertiary/aromatic N) is 3. The maximum absolute atomic E-state index is 12.8. The van der Waals surface area contributed by atoms with Gasteiger partial charge in [-0.25, -0.2) is 4.98 Å². The van der Waals surface area contributed by atoms with E-state index in [2.05, 4.69) is 44.9 Å². The number of pyridine rings is 1. The minimum absolute atomic E-state index is 0.250. The first kappa shape index (κ1) is 21.4. The zero-order valence-electron chi connectivity index (χ0n) is 15.8. The van der Waals surface area contributed by atoms with Crippen molar-refractivity contribution in [3.8, 4) is 0 Å². The Hall–Kier alpha value is -1.88. The molecule has 1 N–H and O–H groups in total. The molecule has 10 heteroatoms. The fourth-order valence-electron chi connectivity index (χ4n) is 3.47. The zero-order valence-corrected chi connectivity index (χ0v) is 18.7. The molecule has 3 aromatic rings. The van der Waals surface area contributed by atoms with Crippen LogP contribution in [0.3, 0.4) is 0 Å². The van der Waals surface area contributed by atoms with Crippen LogP contribution in [0.2, 0.25) is 5.02 Å². The average Bonchev–Trinajstić information content (AvgIpc) is 3.01. The fourth-order valence-corrected chi connectivity index (χ4v) is 4.27. The molecule has 1 amide bonds. The van der Waals surface area contributed by atoms with Crippen LogP contribution in [0.4, 0.5) is 18.9 Å². The lowest BCUT2D eigenvalue weighted by molar-refractivity contribution is -0.141. The number of nitrogens with one attached hydrogen (secondary N) is 1. The van der Waals surface area contributed by atoms with Gasteiger partial charge in [-0.3, -0.25) is 9.48 Å². The molecule has 1 atom stereocenters. The first-order chi connectivity index (χ1) is 14.1. The van der Waals surface area contributed by atoms with Crippen LogP contribution in [0.1, 0.15) is 42.0 Å². The number of hydrogen-bond donors (Lipinski definition) is 1. The van der Waals surface area contributed by atoms with Crippen molar-refractivity contribution in [2.24, 2.45) is 5.92 Å². The number of rotatable bonds is 4. The van der Waals surface area contributed by atoms with Gasteiger partial charge >= 0.3 is 6.18 Å². The molecule has 5 nitrogen and oxygen atoms in total. The van der Waals surface area contributed by atoms with E-state index < -0.39 is 17.8 Å². The van der Waals surface area contributed by atoms with Crippen molar-refractivity contribution in [1.29, 1.82) is 0 Å². The number of amides is 1. The molecule has 0 saturated heterocycles. The van der Waals surface area contributed by atoms with Gasteiger partial charge < -0.3 is 5.32 Å². The second-order valence-electron chi connectivity index (χ2n) is 7.42. The maximum Gasteiger partial charge on any atom is 0.433 e. The molecule has 2 aromatic heterocycles. The van der Waals surface area contributed by atoms with Gasteiger partial charge in [-0.05, 0) is 43.0 Å². The molecule has 1 aliphatic rings. The van der Waals surface area contributed by atoms with Crippen molar-refractivity contribution in [3.63, 3.8) is 0 Å². The quantitative estimate of drug-likeness (QED) is 0.315. The third-order valence-corrected chi connectivity index (χ3v) is 6.63. The van der Waals surface area contributed by atoms with E-state index in [0.717, 1.165) is 30.4 Å². The summed E-state index contributed by atoms with van der Waals surface area (Å²) >= 11 is 8.71. The first-order valence-electron chi connectivity index (χ1n) is 9.30. The van der Waals surface area contributed by atoms with Gasteiger partial charge in [0.1, 0.15) is 11.4 Å². The highest BCUT2D eigenvalue weighted by atomic mass is 127. The van der Waals surface area contributed by atoms with Crippen molar-refractivity contribution >= 4 is 56.7 Å². The van der Waals surface area contributed by atoms with Crippen LogP contribution in [-0.4, -0.2) is 24.6 Å². The standard InChI is InChI=1S/C20H17ClF3IN4O/c1-10(25)11-5-13(6-11)29-9-12-7-17(14(21)8-16(12)28-29)27-19(30)15-3-2-4-18(26-15)20(22,23)24/h2-4,7-11,13H,5-6H2,1H3,(H,27,30). The maximum atomic E-state index is 12.8. The molecule has 1 unspecified atom stereocenters. The average molecular weight is 549 g/mol. The number of benzene rings is 1. The number of hydrogen-bond acceptors (Lipinski definition) is 3. The molecule has 2 heterocycles. The number of anilines is 1. The second-order valence-corrected chi connectivity index (χ2v) is 9.79. The van der Waals surface area contributed by atoms with Gasteiger partial charge in [0, 0.05) is 15.5 Å². The largest absolute Gasteiger partial charge is 0.433 e. The lowest BCUT2D eigenvalue weighted by Crippen LogP contribution is -2.31. The molecular formula is C20H17ClF3IN4O. The Morgan fingerprint density at radius 3 is 2.73 bits per heavy atom. The molecule has 4 rings (SSSR count). The molecule has 0 spiro atoms. The molecular weight excluding hydrogens is 532 g/mol. The number of aromatic nitrogens is 3. The van der Waals surface area contributed by atoms with Crippen LogP contribution in [0.15, 0.2) is 36.5 Å². The van der Waals surface area contributed by atoms with Crippen molar-refractivity contribution in [2.75, 3.05) is 5.32 Å². The van der Waals surface area contributed by atoms with E-state index in [9.17, 15) is 18.0 Å². The molecule has 0 radical (unpaired) electrons. The van der Waals surface area contributed by atoms with Gasteiger partial charge in [-0.2, -0.15) is 18.3 Å². The lowest BCUT2D eigenvalue weighted by atomic mass is 9.79. The third-order valence-electron chi connectivity index (χ3n) is 5.30. The summed E-state index contributed by atoms with van der Waals surface area (Å²) in [4.78, 5) is 15.8. The summed E-state index contributed by atoms with van der Waals surface area (Å²) in [5, 5.41) is 8.17. The smallest absolute Gasteiger partial charge is 0.319 e. The molecule has 30 heavy (non-hydrogen) atoms. The van der Waals surface area contributed by atoms with Gasteiger partial charge in [-0.1, -0.05) is 47.2 Å². The van der Waals surface area contributed by atoms with Crippen LogP contribution >= 0.6 is 34.2 Å². The predicted molar refractivity (Wildman–Crippen MR) is 117 cm³/mol. The highest BCUT2D eigenvalue weighted by Crippen LogP contribution is 2.42. The molecule has 1 saturated carbocycles. The van der Waals surface area contributed by atoms with Gasteiger partial charge in [-0.15, -0.1) is 0 Å².